The second kappa shape index (κ2) is 8.60. The highest BCUT2D eigenvalue weighted by Crippen LogP contribution is 2.36. The predicted octanol–water partition coefficient (Wildman–Crippen LogP) is 2.21. The van der Waals surface area contributed by atoms with Gasteiger partial charge in [0.15, 0.2) is 6.61 Å². The van der Waals surface area contributed by atoms with E-state index in [0.29, 0.717) is 11.3 Å². The summed E-state index contributed by atoms with van der Waals surface area (Å²) in [5.74, 6) is -5.20. The van der Waals surface area contributed by atoms with Crippen molar-refractivity contribution in [2.24, 2.45) is 0 Å². The number of carbonyl (C=O) groups excluding carboxylic acids is 1. The molecule has 2 aliphatic rings. The second-order valence-corrected chi connectivity index (χ2v) is 10.4. The Balaban J connectivity index is 1.81. The van der Waals surface area contributed by atoms with Crippen molar-refractivity contribution < 1.29 is 31.1 Å². The van der Waals surface area contributed by atoms with Gasteiger partial charge in [0.2, 0.25) is 15.9 Å². The van der Waals surface area contributed by atoms with Crippen LogP contribution < -0.4 is 9.46 Å². The lowest BCUT2D eigenvalue weighted by atomic mass is 9.95. The van der Waals surface area contributed by atoms with Crippen LogP contribution in [0.5, 0.6) is 5.88 Å². The van der Waals surface area contributed by atoms with Crippen LogP contribution in [0.1, 0.15) is 29.3 Å². The van der Waals surface area contributed by atoms with Gasteiger partial charge in [0.05, 0.1) is 24.0 Å². The van der Waals surface area contributed by atoms with Gasteiger partial charge in [-0.05, 0) is 37.0 Å². The number of ether oxygens (including phenoxy) is 1. The maximum Gasteiger partial charge on any atom is 0.283 e. The minimum Gasteiger partial charge on any atom is -0.468 e. The smallest absolute Gasteiger partial charge is 0.283 e. The number of benzene rings is 1. The maximum atomic E-state index is 15.4. The van der Waals surface area contributed by atoms with Gasteiger partial charge in [-0.3, -0.25) is 4.79 Å². The number of nitrogens with one attached hydrogen (secondary N) is 1. The summed E-state index contributed by atoms with van der Waals surface area (Å²) < 4.78 is 77.2. The third-order valence-electron chi connectivity index (χ3n) is 6.09. The van der Waals surface area contributed by atoms with Gasteiger partial charge >= 0.3 is 0 Å². The molecule has 2 aromatic rings. The summed E-state index contributed by atoms with van der Waals surface area (Å²) in [4.78, 5) is 18.1. The molecule has 0 unspecified atom stereocenters. The molecule has 1 N–H and O–H groups in total. The molecule has 1 amide bonds. The van der Waals surface area contributed by atoms with Crippen LogP contribution in [0.15, 0.2) is 30.3 Å². The van der Waals surface area contributed by atoms with Crippen molar-refractivity contribution in [2.75, 3.05) is 18.9 Å². The quantitative estimate of drug-likeness (QED) is 0.723. The van der Waals surface area contributed by atoms with Crippen LogP contribution in [0, 0.1) is 12.7 Å². The Labute approximate surface area is 190 Å². The number of pyridine rings is 1. The zero-order chi connectivity index (χ0) is 24.0. The number of hydrogen-bond donors (Lipinski definition) is 1. The summed E-state index contributed by atoms with van der Waals surface area (Å²) >= 11 is 0. The molecule has 33 heavy (non-hydrogen) atoms. The minimum atomic E-state index is -4.02. The number of halogens is 3. The van der Waals surface area contributed by atoms with Crippen LogP contribution in [0.4, 0.5) is 13.2 Å². The average molecular weight is 484 g/mol. The largest absolute Gasteiger partial charge is 0.468 e. The summed E-state index contributed by atoms with van der Waals surface area (Å²) in [6.45, 7) is 1.57. The summed E-state index contributed by atoms with van der Waals surface area (Å²) in [7, 11) is -4.02. The zero-order valence-electron chi connectivity index (χ0n) is 18.1. The molecule has 178 valence electrons. The summed E-state index contributed by atoms with van der Waals surface area (Å²) in [6.07, 6.45) is -0.144. The van der Waals surface area contributed by atoms with Gasteiger partial charge in [0, 0.05) is 12.5 Å². The highest BCUT2D eigenvalue weighted by Gasteiger charge is 2.57. The molecule has 1 aromatic carbocycles. The van der Waals surface area contributed by atoms with Crippen molar-refractivity contribution in [3.63, 3.8) is 0 Å². The van der Waals surface area contributed by atoms with Crippen molar-refractivity contribution in [2.45, 2.75) is 44.7 Å². The van der Waals surface area contributed by atoms with Gasteiger partial charge in [0.1, 0.15) is 11.9 Å². The van der Waals surface area contributed by atoms with Crippen LogP contribution in [-0.2, 0) is 27.7 Å². The Bertz CT molecular complexity index is 1190. The van der Waals surface area contributed by atoms with Gasteiger partial charge in [-0.25, -0.2) is 31.3 Å². The molecule has 1 aromatic heterocycles. The summed E-state index contributed by atoms with van der Waals surface area (Å²) in [5.41, 5.74) is 1.80. The monoisotopic (exact) mass is 483 g/mol. The molecule has 0 spiro atoms. The van der Waals surface area contributed by atoms with Crippen molar-refractivity contribution in [3.8, 4) is 5.88 Å². The van der Waals surface area contributed by atoms with Crippen LogP contribution >= 0.6 is 0 Å². The van der Waals surface area contributed by atoms with Crippen molar-refractivity contribution >= 4 is 15.9 Å². The number of fused-ring (bicyclic) bond motifs is 5. The second-order valence-electron chi connectivity index (χ2n) is 8.32. The fourth-order valence-corrected chi connectivity index (χ4v) is 5.09. The lowest BCUT2D eigenvalue weighted by molar-refractivity contribution is -0.135. The topological polar surface area (TPSA) is 88.6 Å². The van der Waals surface area contributed by atoms with Gasteiger partial charge in [-0.1, -0.05) is 24.3 Å². The van der Waals surface area contributed by atoms with E-state index in [1.54, 1.807) is 24.3 Å². The molecule has 1 fully saturated rings. The van der Waals surface area contributed by atoms with E-state index in [-0.39, 0.29) is 24.3 Å². The van der Waals surface area contributed by atoms with Crippen molar-refractivity contribution in [1.82, 2.24) is 14.6 Å². The van der Waals surface area contributed by atoms with Gasteiger partial charge in [-0.2, -0.15) is 0 Å². The molecule has 2 atom stereocenters. The average Bonchev–Trinajstić information content (AvgIpc) is 3.00. The normalized spacial score (nSPS) is 22.6. The highest BCUT2D eigenvalue weighted by molar-refractivity contribution is 7.89. The standard InChI is InChI=1S/C22H24F3N3O4S/c1-3-33(30,31)27-21-17-10-15-6-4-5-14(20(15)23)9-16-13(2)7-8-18(26-16)32-11-19(29)28(17)12-22(21,24)25/h4-8,17,21,27H,3,9-12H2,1-2H3/t17-,21+/m0/s1. The molecule has 4 bridgehead atoms. The number of alkyl halides is 2. The molecule has 1 saturated heterocycles. The van der Waals surface area contributed by atoms with E-state index in [1.807, 2.05) is 11.6 Å². The summed E-state index contributed by atoms with van der Waals surface area (Å²) in [6, 6.07) is 4.71. The number of aromatic nitrogens is 1. The Kier molecular flexibility index (Phi) is 6.12. The minimum absolute atomic E-state index is 0.114. The molecule has 11 heteroatoms. The Morgan fingerprint density at radius 2 is 1.97 bits per heavy atom. The molecule has 2 aliphatic heterocycles. The number of sulfonamides is 1. The first kappa shape index (κ1) is 23.5. The number of rotatable bonds is 3. The summed E-state index contributed by atoms with van der Waals surface area (Å²) in [5, 5.41) is 0. The number of hydrogen-bond acceptors (Lipinski definition) is 5. The van der Waals surface area contributed by atoms with Gasteiger partial charge in [-0.15, -0.1) is 0 Å². The van der Waals surface area contributed by atoms with Gasteiger partial charge < -0.3 is 9.64 Å². The van der Waals surface area contributed by atoms with E-state index in [4.69, 9.17) is 4.74 Å². The lowest BCUT2D eigenvalue weighted by Gasteiger charge is -2.28. The van der Waals surface area contributed by atoms with Crippen molar-refractivity contribution in [1.29, 1.82) is 0 Å². The zero-order valence-corrected chi connectivity index (χ0v) is 19.0. The Hall–Kier alpha value is -2.66. The molecular formula is C22H24F3N3O4S. The lowest BCUT2D eigenvalue weighted by Crippen LogP contribution is -2.53. The van der Waals surface area contributed by atoms with E-state index in [1.165, 1.54) is 13.0 Å². The highest BCUT2D eigenvalue weighted by atomic mass is 32.2. The van der Waals surface area contributed by atoms with E-state index >= 15 is 4.39 Å². The van der Waals surface area contributed by atoms with Crippen LogP contribution in [-0.4, -0.2) is 61.1 Å². The molecule has 3 heterocycles. The molecule has 0 saturated carbocycles. The third kappa shape index (κ3) is 4.70. The van der Waals surface area contributed by atoms with E-state index in [2.05, 4.69) is 4.98 Å². The fraction of sp³-hybridized carbons (Fsp3) is 0.455. The number of aryl methyl sites for hydroxylation is 1. The van der Waals surface area contributed by atoms with Crippen LogP contribution in [0.25, 0.3) is 0 Å². The number of carbonyl (C=O) groups is 1. The SMILES string of the molecule is CCS(=O)(=O)N[C@@H]1[C@@H]2Cc3cccc(c3F)Cc3nc(ccc3C)OCC(=O)N2CC1(F)F. The van der Waals surface area contributed by atoms with E-state index < -0.39 is 58.7 Å². The van der Waals surface area contributed by atoms with E-state index in [9.17, 15) is 22.0 Å². The molecular weight excluding hydrogens is 459 g/mol. The number of nitrogens with zero attached hydrogens (tertiary/aromatic N) is 2. The fourth-order valence-electron chi connectivity index (χ4n) is 4.21. The van der Waals surface area contributed by atoms with Crippen LogP contribution in [0.3, 0.4) is 0 Å². The van der Waals surface area contributed by atoms with Crippen LogP contribution in [0.2, 0.25) is 0 Å². The molecule has 0 radical (unpaired) electrons. The predicted molar refractivity (Wildman–Crippen MR) is 114 cm³/mol. The Morgan fingerprint density at radius 3 is 2.70 bits per heavy atom. The number of amides is 1. The first-order chi connectivity index (χ1) is 15.5. The molecule has 0 aliphatic carbocycles. The first-order valence-electron chi connectivity index (χ1n) is 10.5. The first-order valence-corrected chi connectivity index (χ1v) is 12.2. The third-order valence-corrected chi connectivity index (χ3v) is 7.47. The molecule has 7 nitrogen and oxygen atoms in total. The van der Waals surface area contributed by atoms with Gasteiger partial charge in [0.25, 0.3) is 11.8 Å². The molecule has 4 rings (SSSR count). The van der Waals surface area contributed by atoms with Crippen molar-refractivity contribution in [3.05, 3.63) is 58.5 Å². The van der Waals surface area contributed by atoms with E-state index in [0.717, 1.165) is 10.5 Å². The Morgan fingerprint density at radius 1 is 1.24 bits per heavy atom. The maximum absolute atomic E-state index is 15.4.